The summed E-state index contributed by atoms with van der Waals surface area (Å²) in [7, 11) is -3.97. The second-order valence-corrected chi connectivity index (χ2v) is 8.06. The van der Waals surface area contributed by atoms with Crippen molar-refractivity contribution in [3.8, 4) is 0 Å². The van der Waals surface area contributed by atoms with Crippen LogP contribution >= 0.6 is 38.9 Å². The van der Waals surface area contributed by atoms with Crippen LogP contribution in [0.25, 0.3) is 0 Å². The molecule has 1 atom stereocenters. The first-order valence-corrected chi connectivity index (χ1v) is 9.09. The van der Waals surface area contributed by atoms with E-state index in [2.05, 4.69) is 20.7 Å². The van der Waals surface area contributed by atoms with Gasteiger partial charge >= 0.3 is 5.97 Å². The van der Waals surface area contributed by atoms with E-state index in [1.807, 2.05) is 0 Å². The van der Waals surface area contributed by atoms with Gasteiger partial charge in [-0.05, 0) is 39.0 Å². The lowest BCUT2D eigenvalue weighted by atomic mass is 10.1. The molecule has 0 fully saturated rings. The van der Waals surface area contributed by atoms with Crippen molar-refractivity contribution in [2.75, 3.05) is 0 Å². The fraction of sp³-hybridized carbons (Fsp3) is 0.0833. The Hall–Kier alpha value is -0.930. The maximum atomic E-state index is 12.3. The van der Waals surface area contributed by atoms with Crippen LogP contribution in [-0.2, 0) is 14.8 Å². The first-order chi connectivity index (χ1) is 9.83. The van der Waals surface area contributed by atoms with Crippen LogP contribution in [0.5, 0.6) is 0 Å². The second-order valence-electron chi connectivity index (χ2n) is 3.97. The molecule has 0 amide bonds. The topological polar surface area (TPSA) is 83.5 Å². The summed E-state index contributed by atoms with van der Waals surface area (Å²) in [6.45, 7) is 0. The molecule has 21 heavy (non-hydrogen) atoms. The molecular weight excluding hydrogens is 402 g/mol. The maximum absolute atomic E-state index is 12.3. The van der Waals surface area contributed by atoms with Gasteiger partial charge in [-0.15, -0.1) is 11.3 Å². The van der Waals surface area contributed by atoms with Crippen molar-refractivity contribution in [1.29, 1.82) is 0 Å². The molecule has 2 rings (SSSR count). The Morgan fingerprint density at radius 2 is 2.00 bits per heavy atom. The molecule has 0 saturated heterocycles. The van der Waals surface area contributed by atoms with Crippen LogP contribution in [-0.4, -0.2) is 19.5 Å². The summed E-state index contributed by atoms with van der Waals surface area (Å²) < 4.78 is 27.1. The Morgan fingerprint density at radius 3 is 2.52 bits per heavy atom. The minimum Gasteiger partial charge on any atom is -0.480 e. The van der Waals surface area contributed by atoms with Crippen molar-refractivity contribution >= 4 is 54.9 Å². The van der Waals surface area contributed by atoms with E-state index in [0.717, 1.165) is 11.3 Å². The summed E-state index contributed by atoms with van der Waals surface area (Å²) in [4.78, 5) is 11.4. The number of hydrogen-bond acceptors (Lipinski definition) is 4. The smallest absolute Gasteiger partial charge is 0.326 e. The molecule has 1 aromatic carbocycles. The van der Waals surface area contributed by atoms with Gasteiger partial charge in [0.05, 0.1) is 0 Å². The highest BCUT2D eigenvalue weighted by Crippen LogP contribution is 2.30. The first-order valence-electron chi connectivity index (χ1n) is 5.55. The van der Waals surface area contributed by atoms with Crippen molar-refractivity contribution in [3.05, 3.63) is 50.8 Å². The fourth-order valence-corrected chi connectivity index (χ4v) is 5.40. The van der Waals surface area contributed by atoms with Crippen molar-refractivity contribution in [2.45, 2.75) is 10.3 Å². The number of aliphatic carboxylic acids is 1. The molecule has 0 saturated carbocycles. The third-order valence-corrected chi connectivity index (χ3v) is 7.00. The molecule has 0 bridgehead atoms. The zero-order valence-corrected chi connectivity index (χ0v) is 14.3. The zero-order valence-electron chi connectivity index (χ0n) is 10.3. The van der Waals surface area contributed by atoms with E-state index >= 15 is 0 Å². The van der Waals surface area contributed by atoms with Crippen LogP contribution in [0.1, 0.15) is 11.6 Å². The summed E-state index contributed by atoms with van der Waals surface area (Å²) in [5.41, 5.74) is 0.183. The highest BCUT2D eigenvalue weighted by molar-refractivity contribution is 9.10. The highest BCUT2D eigenvalue weighted by Gasteiger charge is 2.30. The van der Waals surface area contributed by atoms with Crippen LogP contribution in [0.15, 0.2) is 44.4 Å². The monoisotopic (exact) mass is 409 g/mol. The molecule has 112 valence electrons. The van der Waals surface area contributed by atoms with Gasteiger partial charge in [-0.25, -0.2) is 8.42 Å². The van der Waals surface area contributed by atoms with Crippen LogP contribution in [0.3, 0.4) is 0 Å². The van der Waals surface area contributed by atoms with Crippen LogP contribution in [0.2, 0.25) is 5.02 Å². The van der Waals surface area contributed by atoms with Gasteiger partial charge in [0, 0.05) is 9.50 Å². The summed E-state index contributed by atoms with van der Waals surface area (Å²) in [6.07, 6.45) is 0. The number of nitrogens with one attached hydrogen (secondary N) is 1. The lowest BCUT2D eigenvalue weighted by Gasteiger charge is -2.16. The first kappa shape index (κ1) is 16.4. The van der Waals surface area contributed by atoms with Crippen molar-refractivity contribution in [1.82, 2.24) is 4.72 Å². The number of hydrogen-bond donors (Lipinski definition) is 2. The van der Waals surface area contributed by atoms with E-state index in [9.17, 15) is 18.3 Å². The minimum absolute atomic E-state index is 0.0146. The Labute approximate surface area is 138 Å². The number of halogens is 2. The van der Waals surface area contributed by atoms with Crippen LogP contribution in [0, 0.1) is 0 Å². The molecule has 0 spiro atoms. The average molecular weight is 411 g/mol. The quantitative estimate of drug-likeness (QED) is 0.792. The van der Waals surface area contributed by atoms with Crippen molar-refractivity contribution < 1.29 is 18.3 Å². The molecule has 2 aromatic rings. The second kappa shape index (κ2) is 6.45. The Bertz CT molecular complexity index is 775. The van der Waals surface area contributed by atoms with Crippen molar-refractivity contribution in [2.24, 2.45) is 0 Å². The van der Waals surface area contributed by atoms with Crippen LogP contribution < -0.4 is 4.72 Å². The van der Waals surface area contributed by atoms with E-state index in [1.165, 1.54) is 12.1 Å². The van der Waals surface area contributed by atoms with E-state index in [1.54, 1.807) is 23.6 Å². The number of rotatable bonds is 5. The molecular formula is C12H9BrClNO4S2. The lowest BCUT2D eigenvalue weighted by molar-refractivity contribution is -0.139. The molecule has 5 nitrogen and oxygen atoms in total. The molecule has 0 unspecified atom stereocenters. The van der Waals surface area contributed by atoms with Crippen molar-refractivity contribution in [3.63, 3.8) is 0 Å². The predicted octanol–water partition coefficient (Wildman–Crippen LogP) is 3.27. The largest absolute Gasteiger partial charge is 0.480 e. The van der Waals surface area contributed by atoms with Gasteiger partial charge in [0.2, 0.25) is 0 Å². The third-order valence-electron chi connectivity index (χ3n) is 2.56. The highest BCUT2D eigenvalue weighted by atomic mass is 79.9. The lowest BCUT2D eigenvalue weighted by Crippen LogP contribution is -2.33. The number of carboxylic acids is 1. The summed E-state index contributed by atoms with van der Waals surface area (Å²) >= 11 is 10.0. The minimum atomic E-state index is -3.97. The van der Waals surface area contributed by atoms with E-state index in [4.69, 9.17) is 11.6 Å². The molecule has 1 aromatic heterocycles. The molecule has 2 N–H and O–H groups in total. The van der Waals surface area contributed by atoms with Gasteiger partial charge in [-0.3, -0.25) is 4.79 Å². The number of carbonyl (C=O) groups is 1. The van der Waals surface area contributed by atoms with Gasteiger partial charge in [0.1, 0.15) is 10.3 Å². The van der Waals surface area contributed by atoms with Gasteiger partial charge in [0.15, 0.2) is 0 Å². The summed E-state index contributed by atoms with van der Waals surface area (Å²) in [5, 5.41) is 11.1. The van der Waals surface area contributed by atoms with Gasteiger partial charge in [-0.2, -0.15) is 4.72 Å². The van der Waals surface area contributed by atoms with Gasteiger partial charge in [-0.1, -0.05) is 29.8 Å². The normalized spacial score (nSPS) is 13.0. The number of thiophene rings is 1. The Balaban J connectivity index is 2.41. The average Bonchev–Trinajstić information content (AvgIpc) is 2.84. The van der Waals surface area contributed by atoms with Gasteiger partial charge < -0.3 is 5.11 Å². The van der Waals surface area contributed by atoms with Gasteiger partial charge in [0.25, 0.3) is 10.0 Å². The summed E-state index contributed by atoms with van der Waals surface area (Å²) in [5.74, 6) is -1.33. The SMILES string of the molecule is O=C(O)[C@H](NS(=O)(=O)c1sccc1Br)c1ccccc1Cl. The number of benzene rings is 1. The van der Waals surface area contributed by atoms with Crippen LogP contribution in [0.4, 0.5) is 0 Å². The molecule has 1 heterocycles. The maximum Gasteiger partial charge on any atom is 0.326 e. The summed E-state index contributed by atoms with van der Waals surface area (Å²) in [6, 6.07) is 6.30. The molecule has 0 radical (unpaired) electrons. The molecule has 9 heteroatoms. The third kappa shape index (κ3) is 3.64. The standard InChI is InChI=1S/C12H9BrClNO4S2/c13-8-5-6-20-12(8)21(18,19)15-10(11(16)17)7-3-1-2-4-9(7)14/h1-6,10,15H,(H,16,17)/t10-/m1/s1. The Morgan fingerprint density at radius 1 is 1.33 bits per heavy atom. The van der Waals surface area contributed by atoms with E-state index < -0.39 is 22.0 Å². The molecule has 0 aliphatic rings. The Kier molecular flexibility index (Phi) is 5.05. The molecule has 0 aliphatic carbocycles. The number of carboxylic acid groups (broad SMARTS) is 1. The van der Waals surface area contributed by atoms with E-state index in [0.29, 0.717) is 4.47 Å². The zero-order chi connectivity index (χ0) is 15.6. The fourth-order valence-electron chi connectivity index (χ4n) is 1.64. The van der Waals surface area contributed by atoms with E-state index in [-0.39, 0.29) is 14.8 Å². The number of sulfonamides is 1. The predicted molar refractivity (Wildman–Crippen MR) is 84.2 cm³/mol. The molecule has 0 aliphatic heterocycles.